The van der Waals surface area contributed by atoms with Crippen molar-refractivity contribution in [3.8, 4) is 0 Å². The molecule has 0 aliphatic rings. The Morgan fingerprint density at radius 3 is 2.53 bits per heavy atom. The molecule has 1 amide bonds. The van der Waals surface area contributed by atoms with Crippen LogP contribution in [-0.4, -0.2) is 30.3 Å². The predicted molar refractivity (Wildman–Crippen MR) is 56.6 cm³/mol. The molecule has 1 rings (SSSR count). The van der Waals surface area contributed by atoms with E-state index in [1.807, 2.05) is 6.07 Å². The first-order valence-electron chi connectivity index (χ1n) is 5.01. The van der Waals surface area contributed by atoms with Crippen LogP contribution in [0, 0.1) is 0 Å². The van der Waals surface area contributed by atoms with E-state index in [0.717, 1.165) is 5.56 Å². The third kappa shape index (κ3) is 4.78. The molecule has 1 aromatic rings. The molecule has 0 aromatic heterocycles. The van der Waals surface area contributed by atoms with Gasteiger partial charge < -0.3 is 15.2 Å². The number of halogens is 2. The Bertz CT molecular complexity index is 346. The molecule has 6 heteroatoms. The van der Waals surface area contributed by atoms with Gasteiger partial charge in [0.05, 0.1) is 6.61 Å². The summed E-state index contributed by atoms with van der Waals surface area (Å²) in [5, 5.41) is 10.9. The van der Waals surface area contributed by atoms with Gasteiger partial charge in [0.1, 0.15) is 0 Å². The number of aliphatic hydroxyl groups is 1. The average Bonchev–Trinajstić information content (AvgIpc) is 2.34. The van der Waals surface area contributed by atoms with Crippen molar-refractivity contribution in [1.82, 2.24) is 5.32 Å². The molecule has 0 bridgehead atoms. The number of ether oxygens (including phenoxy) is 1. The molecule has 17 heavy (non-hydrogen) atoms. The minimum absolute atomic E-state index is 0.182. The molecule has 0 aliphatic heterocycles. The highest BCUT2D eigenvalue weighted by Crippen LogP contribution is 2.05. The van der Waals surface area contributed by atoms with Crippen LogP contribution in [0.1, 0.15) is 5.56 Å². The Hall–Kier alpha value is -1.69. The van der Waals surface area contributed by atoms with Crippen LogP contribution in [0.2, 0.25) is 0 Å². The highest BCUT2D eigenvalue weighted by molar-refractivity contribution is 5.67. The Morgan fingerprint density at radius 1 is 1.35 bits per heavy atom. The van der Waals surface area contributed by atoms with Gasteiger partial charge in [-0.3, -0.25) is 0 Å². The van der Waals surface area contributed by atoms with Gasteiger partial charge in [-0.1, -0.05) is 30.3 Å². The van der Waals surface area contributed by atoms with Crippen LogP contribution in [0.4, 0.5) is 13.6 Å². The Morgan fingerprint density at radius 2 is 2.00 bits per heavy atom. The maximum absolute atomic E-state index is 12.2. The number of nitrogens with one attached hydrogen (secondary N) is 1. The van der Waals surface area contributed by atoms with Gasteiger partial charge in [0.2, 0.25) is 0 Å². The number of amides is 1. The first kappa shape index (κ1) is 13.4. The van der Waals surface area contributed by atoms with Crippen LogP contribution in [-0.2, 0) is 11.3 Å². The zero-order valence-electron chi connectivity index (χ0n) is 8.98. The summed E-state index contributed by atoms with van der Waals surface area (Å²) < 4.78 is 28.6. The average molecular weight is 245 g/mol. The van der Waals surface area contributed by atoms with Gasteiger partial charge in [-0.25, -0.2) is 13.6 Å². The molecule has 94 valence electrons. The molecular formula is C11H13F2NO3. The second-order valence-corrected chi connectivity index (χ2v) is 3.30. The van der Waals surface area contributed by atoms with Crippen LogP contribution in [0.5, 0.6) is 0 Å². The van der Waals surface area contributed by atoms with E-state index in [1.165, 1.54) is 0 Å². The summed E-state index contributed by atoms with van der Waals surface area (Å²) in [6, 6.07) is 8.95. The Kier molecular flexibility index (Phi) is 5.35. The molecule has 0 saturated heterocycles. The largest absolute Gasteiger partial charge is 0.438 e. The number of rotatable bonds is 5. The Balaban J connectivity index is 2.35. The molecule has 0 heterocycles. The van der Waals surface area contributed by atoms with E-state index >= 15 is 0 Å². The summed E-state index contributed by atoms with van der Waals surface area (Å²) in [7, 11) is 0. The monoisotopic (exact) mass is 245 g/mol. The molecule has 1 atom stereocenters. The second-order valence-electron chi connectivity index (χ2n) is 3.30. The number of carbonyl (C=O) groups is 1. The lowest BCUT2D eigenvalue weighted by Crippen LogP contribution is -2.34. The number of carbonyl (C=O) groups excluding carboxylic acids is 1. The van der Waals surface area contributed by atoms with Crippen molar-refractivity contribution in [3.63, 3.8) is 0 Å². The van der Waals surface area contributed by atoms with Crippen molar-refractivity contribution in [3.05, 3.63) is 35.9 Å². The molecule has 0 aliphatic carbocycles. The molecule has 0 fully saturated rings. The molecule has 0 saturated carbocycles. The summed E-state index contributed by atoms with van der Waals surface area (Å²) in [6.07, 6.45) is -5.67. The molecule has 0 radical (unpaired) electrons. The SMILES string of the molecule is O=C(NCc1ccccc1)O[C@@H](CO)C(F)F. The van der Waals surface area contributed by atoms with Crippen molar-refractivity contribution in [2.75, 3.05) is 6.61 Å². The molecule has 1 aromatic carbocycles. The van der Waals surface area contributed by atoms with Gasteiger partial charge in [0.15, 0.2) is 6.10 Å². The van der Waals surface area contributed by atoms with Gasteiger partial charge in [0.25, 0.3) is 6.43 Å². The first-order chi connectivity index (χ1) is 8.13. The normalized spacial score (nSPS) is 12.2. The van der Waals surface area contributed by atoms with Gasteiger partial charge in [0, 0.05) is 6.54 Å². The van der Waals surface area contributed by atoms with Crippen molar-refractivity contribution < 1.29 is 23.4 Å². The third-order valence-corrected chi connectivity index (χ3v) is 2.00. The number of hydrogen-bond donors (Lipinski definition) is 2. The van der Waals surface area contributed by atoms with Crippen LogP contribution in [0.15, 0.2) is 30.3 Å². The predicted octanol–water partition coefficient (Wildman–Crippen LogP) is 1.54. The van der Waals surface area contributed by atoms with Gasteiger partial charge in [-0.2, -0.15) is 0 Å². The van der Waals surface area contributed by atoms with E-state index in [1.54, 1.807) is 24.3 Å². The van der Waals surface area contributed by atoms with Crippen LogP contribution >= 0.6 is 0 Å². The molecule has 0 spiro atoms. The zero-order chi connectivity index (χ0) is 12.7. The minimum atomic E-state index is -2.90. The molecule has 0 unspecified atom stereocenters. The lowest BCUT2D eigenvalue weighted by molar-refractivity contribution is -0.0436. The highest BCUT2D eigenvalue weighted by atomic mass is 19.3. The number of hydrogen-bond acceptors (Lipinski definition) is 3. The van der Waals surface area contributed by atoms with Crippen LogP contribution < -0.4 is 5.32 Å². The second kappa shape index (κ2) is 6.80. The number of alkyl carbamates (subject to hydrolysis) is 1. The summed E-state index contributed by atoms with van der Waals surface area (Å²) >= 11 is 0. The topological polar surface area (TPSA) is 58.6 Å². The van der Waals surface area contributed by atoms with Crippen molar-refractivity contribution in [2.45, 2.75) is 19.1 Å². The van der Waals surface area contributed by atoms with E-state index in [0.29, 0.717) is 0 Å². The quantitative estimate of drug-likeness (QED) is 0.827. The summed E-state index contributed by atoms with van der Waals surface area (Å²) in [5.41, 5.74) is 0.821. The van der Waals surface area contributed by atoms with Crippen molar-refractivity contribution in [2.24, 2.45) is 0 Å². The van der Waals surface area contributed by atoms with E-state index in [-0.39, 0.29) is 6.54 Å². The van der Waals surface area contributed by atoms with Gasteiger partial charge in [-0.05, 0) is 5.56 Å². The summed E-state index contributed by atoms with van der Waals surface area (Å²) in [4.78, 5) is 11.1. The fourth-order valence-corrected chi connectivity index (χ4v) is 1.12. The van der Waals surface area contributed by atoms with Gasteiger partial charge >= 0.3 is 6.09 Å². The van der Waals surface area contributed by atoms with Crippen molar-refractivity contribution >= 4 is 6.09 Å². The smallest absolute Gasteiger partial charge is 0.407 e. The molecular weight excluding hydrogens is 232 g/mol. The van der Waals surface area contributed by atoms with Crippen LogP contribution in [0.25, 0.3) is 0 Å². The van der Waals surface area contributed by atoms with Crippen LogP contribution in [0.3, 0.4) is 0 Å². The highest BCUT2D eigenvalue weighted by Gasteiger charge is 2.23. The minimum Gasteiger partial charge on any atom is -0.438 e. The first-order valence-corrected chi connectivity index (χ1v) is 5.01. The number of alkyl halides is 2. The van der Waals surface area contributed by atoms with E-state index in [4.69, 9.17) is 5.11 Å². The lowest BCUT2D eigenvalue weighted by atomic mass is 10.2. The lowest BCUT2D eigenvalue weighted by Gasteiger charge is -2.14. The van der Waals surface area contributed by atoms with Gasteiger partial charge in [-0.15, -0.1) is 0 Å². The summed E-state index contributed by atoms with van der Waals surface area (Å²) in [5.74, 6) is 0. The van der Waals surface area contributed by atoms with Crippen molar-refractivity contribution in [1.29, 1.82) is 0 Å². The fraction of sp³-hybridized carbons (Fsp3) is 0.364. The summed E-state index contributed by atoms with van der Waals surface area (Å²) in [6.45, 7) is -0.725. The van der Waals surface area contributed by atoms with E-state index in [2.05, 4.69) is 10.1 Å². The van der Waals surface area contributed by atoms with E-state index < -0.39 is 25.2 Å². The molecule has 2 N–H and O–H groups in total. The maximum atomic E-state index is 12.2. The third-order valence-electron chi connectivity index (χ3n) is 2.00. The number of benzene rings is 1. The maximum Gasteiger partial charge on any atom is 0.407 e. The molecule has 4 nitrogen and oxygen atoms in total. The number of aliphatic hydroxyl groups excluding tert-OH is 1. The fourth-order valence-electron chi connectivity index (χ4n) is 1.12. The standard InChI is InChI=1S/C11H13F2NO3/c12-10(13)9(7-15)17-11(16)14-6-8-4-2-1-3-5-8/h1-5,9-10,15H,6-7H2,(H,14,16)/t9-/m0/s1. The Labute approximate surface area is 97.2 Å². The zero-order valence-corrected chi connectivity index (χ0v) is 8.98. The van der Waals surface area contributed by atoms with E-state index in [9.17, 15) is 13.6 Å².